The maximum Gasteiger partial charge on any atom is 0.407 e. The lowest BCUT2D eigenvalue weighted by molar-refractivity contribution is 0.142. The van der Waals surface area contributed by atoms with Crippen molar-refractivity contribution in [2.24, 2.45) is 0 Å². The average molecular weight is 347 g/mol. The zero-order valence-corrected chi connectivity index (χ0v) is 13.7. The molecule has 1 aromatic heterocycles. The Morgan fingerprint density at radius 2 is 1.96 bits per heavy atom. The summed E-state index contributed by atoms with van der Waals surface area (Å²) in [6.07, 6.45) is 0.681. The van der Waals surface area contributed by atoms with Gasteiger partial charge in [0.2, 0.25) is 5.88 Å². The van der Waals surface area contributed by atoms with Crippen LogP contribution >= 0.6 is 0 Å². The van der Waals surface area contributed by atoms with Gasteiger partial charge in [-0.25, -0.2) is 14.2 Å². The van der Waals surface area contributed by atoms with E-state index in [1.54, 1.807) is 12.3 Å². The molecule has 1 N–H and O–H groups in total. The highest BCUT2D eigenvalue weighted by atomic mass is 19.1. The molecular formula is C17H18FN3O4. The van der Waals surface area contributed by atoms with E-state index in [-0.39, 0.29) is 5.75 Å². The number of methoxy groups -OCH3 is 1. The highest BCUT2D eigenvalue weighted by molar-refractivity contribution is 5.66. The van der Waals surface area contributed by atoms with Gasteiger partial charge >= 0.3 is 6.09 Å². The average Bonchev–Trinajstić information content (AvgIpc) is 2.63. The Hall–Kier alpha value is -3.03. The van der Waals surface area contributed by atoms with Crippen molar-refractivity contribution in [3.63, 3.8) is 0 Å². The van der Waals surface area contributed by atoms with Gasteiger partial charge in [0.25, 0.3) is 0 Å². The van der Waals surface area contributed by atoms with Gasteiger partial charge in [-0.05, 0) is 24.3 Å². The van der Waals surface area contributed by atoms with Crippen molar-refractivity contribution in [2.45, 2.75) is 0 Å². The van der Waals surface area contributed by atoms with E-state index in [2.05, 4.69) is 4.98 Å². The first-order valence-corrected chi connectivity index (χ1v) is 7.77. The van der Waals surface area contributed by atoms with Gasteiger partial charge < -0.3 is 24.4 Å². The number of carbonyl (C=O) groups is 1. The summed E-state index contributed by atoms with van der Waals surface area (Å²) >= 11 is 0. The number of halogens is 1. The predicted molar refractivity (Wildman–Crippen MR) is 89.1 cm³/mol. The molecule has 7 nitrogen and oxygen atoms in total. The molecule has 25 heavy (non-hydrogen) atoms. The van der Waals surface area contributed by atoms with Crippen molar-refractivity contribution in [1.82, 2.24) is 9.88 Å². The maximum absolute atomic E-state index is 13.3. The zero-order chi connectivity index (χ0) is 17.8. The number of ether oxygens (including phenoxy) is 2. The number of hydrogen-bond donors (Lipinski definition) is 1. The summed E-state index contributed by atoms with van der Waals surface area (Å²) in [7, 11) is 1.44. The van der Waals surface area contributed by atoms with E-state index in [1.165, 1.54) is 30.2 Å². The molecule has 1 fully saturated rings. The third kappa shape index (κ3) is 3.73. The Morgan fingerprint density at radius 1 is 1.20 bits per heavy atom. The molecule has 3 rings (SSSR count). The fourth-order valence-corrected chi connectivity index (χ4v) is 2.67. The van der Waals surface area contributed by atoms with Crippen LogP contribution in [0.25, 0.3) is 0 Å². The number of nitrogens with zero attached hydrogens (tertiary/aromatic N) is 3. The number of benzene rings is 1. The molecule has 0 saturated carbocycles. The van der Waals surface area contributed by atoms with Crippen LogP contribution in [-0.2, 0) is 0 Å². The summed E-state index contributed by atoms with van der Waals surface area (Å²) in [5.74, 6) is 0.562. The van der Waals surface area contributed by atoms with Crippen molar-refractivity contribution in [1.29, 1.82) is 0 Å². The Bertz CT molecular complexity index is 763. The Labute approximate surface area is 144 Å². The number of amides is 1. The summed E-state index contributed by atoms with van der Waals surface area (Å²) in [6, 6.07) is 7.65. The van der Waals surface area contributed by atoms with Crippen molar-refractivity contribution >= 4 is 11.8 Å². The number of piperazine rings is 1. The van der Waals surface area contributed by atoms with Crippen LogP contribution in [0.5, 0.6) is 17.4 Å². The Morgan fingerprint density at radius 3 is 2.64 bits per heavy atom. The minimum atomic E-state index is -0.918. The molecule has 0 radical (unpaired) electrons. The fourth-order valence-electron chi connectivity index (χ4n) is 2.67. The second-order valence-electron chi connectivity index (χ2n) is 5.48. The lowest BCUT2D eigenvalue weighted by Crippen LogP contribution is -2.48. The quantitative estimate of drug-likeness (QED) is 0.917. The summed E-state index contributed by atoms with van der Waals surface area (Å²) in [5, 5.41) is 9.05. The summed E-state index contributed by atoms with van der Waals surface area (Å²) < 4.78 is 24.3. The van der Waals surface area contributed by atoms with Gasteiger partial charge in [-0.3, -0.25) is 0 Å². The number of pyridine rings is 1. The number of hydrogen-bond acceptors (Lipinski definition) is 5. The standard InChI is InChI=1S/C17H18FN3O4/c1-24-15-11-12(18)4-5-14(15)25-16-13(3-2-6-19-16)20-7-9-21(10-8-20)17(22)23/h2-6,11H,7-10H2,1H3,(H,22,23). The molecule has 132 valence electrons. The lowest BCUT2D eigenvalue weighted by Gasteiger charge is -2.34. The molecule has 1 aliphatic rings. The molecule has 8 heteroatoms. The smallest absolute Gasteiger partial charge is 0.407 e. The van der Waals surface area contributed by atoms with Crippen molar-refractivity contribution in [3.8, 4) is 17.4 Å². The topological polar surface area (TPSA) is 75.1 Å². The van der Waals surface area contributed by atoms with Gasteiger partial charge in [-0.15, -0.1) is 0 Å². The SMILES string of the molecule is COc1cc(F)ccc1Oc1ncccc1N1CCN(C(=O)O)CC1. The summed E-state index contributed by atoms with van der Waals surface area (Å²) in [4.78, 5) is 18.7. The number of anilines is 1. The van der Waals surface area contributed by atoms with Gasteiger partial charge in [0.1, 0.15) is 11.5 Å². The zero-order valence-electron chi connectivity index (χ0n) is 13.7. The first-order chi connectivity index (χ1) is 12.1. The molecule has 1 amide bonds. The number of carboxylic acid groups (broad SMARTS) is 1. The van der Waals surface area contributed by atoms with Crippen LogP contribution in [0, 0.1) is 5.82 Å². The van der Waals surface area contributed by atoms with Crippen LogP contribution in [0.1, 0.15) is 0 Å². The van der Waals surface area contributed by atoms with Crippen LogP contribution in [-0.4, -0.2) is 54.4 Å². The molecule has 1 aromatic carbocycles. The summed E-state index contributed by atoms with van der Waals surface area (Å²) in [5.41, 5.74) is 0.749. The second-order valence-corrected chi connectivity index (χ2v) is 5.48. The first-order valence-electron chi connectivity index (χ1n) is 7.77. The molecular weight excluding hydrogens is 329 g/mol. The van der Waals surface area contributed by atoms with E-state index in [9.17, 15) is 9.18 Å². The Balaban J connectivity index is 1.81. The normalized spacial score (nSPS) is 14.3. The van der Waals surface area contributed by atoms with E-state index < -0.39 is 11.9 Å². The molecule has 0 bridgehead atoms. The first kappa shape index (κ1) is 16.8. The van der Waals surface area contributed by atoms with E-state index in [1.807, 2.05) is 11.0 Å². The second kappa shape index (κ2) is 7.25. The van der Waals surface area contributed by atoms with Gasteiger partial charge in [-0.1, -0.05) is 0 Å². The fraction of sp³-hybridized carbons (Fsp3) is 0.294. The highest BCUT2D eigenvalue weighted by Crippen LogP contribution is 2.35. The van der Waals surface area contributed by atoms with Crippen molar-refractivity contribution in [2.75, 3.05) is 38.2 Å². The minimum Gasteiger partial charge on any atom is -0.493 e. The monoisotopic (exact) mass is 347 g/mol. The highest BCUT2D eigenvalue weighted by Gasteiger charge is 2.23. The van der Waals surface area contributed by atoms with Crippen LogP contribution < -0.4 is 14.4 Å². The third-order valence-corrected chi connectivity index (χ3v) is 3.97. The number of aromatic nitrogens is 1. The van der Waals surface area contributed by atoms with Gasteiger partial charge in [0.15, 0.2) is 11.5 Å². The van der Waals surface area contributed by atoms with Crippen molar-refractivity contribution < 1.29 is 23.8 Å². The van der Waals surface area contributed by atoms with E-state index >= 15 is 0 Å². The van der Waals surface area contributed by atoms with Crippen molar-refractivity contribution in [3.05, 3.63) is 42.3 Å². The number of rotatable bonds is 4. The van der Waals surface area contributed by atoms with Crippen LogP contribution in [0.4, 0.5) is 14.9 Å². The molecule has 0 spiro atoms. The van der Waals surface area contributed by atoms with E-state index in [4.69, 9.17) is 14.6 Å². The molecule has 0 unspecified atom stereocenters. The summed E-state index contributed by atoms with van der Waals surface area (Å²) in [6.45, 7) is 1.89. The molecule has 1 aliphatic heterocycles. The van der Waals surface area contributed by atoms with E-state index in [0.717, 1.165) is 5.69 Å². The van der Waals surface area contributed by atoms with Crippen LogP contribution in [0.15, 0.2) is 36.5 Å². The molecule has 2 heterocycles. The molecule has 2 aromatic rings. The van der Waals surface area contributed by atoms with Crippen LogP contribution in [0.3, 0.4) is 0 Å². The predicted octanol–water partition coefficient (Wildman–Crippen LogP) is 2.82. The van der Waals surface area contributed by atoms with Gasteiger partial charge in [0.05, 0.1) is 7.11 Å². The Kier molecular flexibility index (Phi) is 4.87. The van der Waals surface area contributed by atoms with Crippen LogP contribution in [0.2, 0.25) is 0 Å². The maximum atomic E-state index is 13.3. The van der Waals surface area contributed by atoms with Gasteiger partial charge in [0, 0.05) is 38.4 Å². The molecule has 0 atom stereocenters. The minimum absolute atomic E-state index is 0.271. The largest absolute Gasteiger partial charge is 0.493 e. The molecule has 1 saturated heterocycles. The molecule has 0 aliphatic carbocycles. The van der Waals surface area contributed by atoms with Gasteiger partial charge in [-0.2, -0.15) is 0 Å². The van der Waals surface area contributed by atoms with E-state index in [0.29, 0.717) is 37.8 Å². The lowest BCUT2D eigenvalue weighted by atomic mass is 10.2. The third-order valence-electron chi connectivity index (χ3n) is 3.97.